The van der Waals surface area contributed by atoms with Crippen molar-refractivity contribution in [2.45, 2.75) is 26.9 Å². The van der Waals surface area contributed by atoms with Crippen LogP contribution in [-0.2, 0) is 9.47 Å². The molecule has 2 heterocycles. The number of carbonyl (C=O) groups excluding carboxylic acids is 3. The lowest BCUT2D eigenvalue weighted by atomic mass is 10.1. The molecule has 0 aliphatic rings. The molecule has 2 rings (SSSR count). The molecule has 0 radical (unpaired) electrons. The van der Waals surface area contributed by atoms with E-state index < -0.39 is 23.8 Å². The van der Waals surface area contributed by atoms with Gasteiger partial charge in [0.25, 0.3) is 0 Å². The van der Waals surface area contributed by atoms with Crippen molar-refractivity contribution in [1.29, 1.82) is 0 Å². The molecule has 2 aromatic heterocycles. The fourth-order valence-corrected chi connectivity index (χ4v) is 2.90. The normalized spacial score (nSPS) is 11.8. The highest BCUT2D eigenvalue weighted by atomic mass is 32.1. The Morgan fingerprint density at radius 3 is 2.48 bits per heavy atom. The van der Waals surface area contributed by atoms with E-state index in [9.17, 15) is 14.4 Å². The van der Waals surface area contributed by atoms with Crippen molar-refractivity contribution in [2.24, 2.45) is 0 Å². The molecule has 0 fully saturated rings. The zero-order valence-electron chi connectivity index (χ0n) is 13.3. The van der Waals surface area contributed by atoms with E-state index in [0.717, 1.165) is 0 Å². The van der Waals surface area contributed by atoms with Gasteiger partial charge in [-0.05, 0) is 37.8 Å². The number of rotatable bonds is 5. The SMILES string of the molecule is COC(=O)c1c(C)[nH]c(C(=O)[C@H](C)OC(=O)c2ccsc2)c1C. The van der Waals surface area contributed by atoms with E-state index >= 15 is 0 Å². The van der Waals surface area contributed by atoms with Crippen LogP contribution in [0.15, 0.2) is 16.8 Å². The van der Waals surface area contributed by atoms with Gasteiger partial charge < -0.3 is 14.5 Å². The van der Waals surface area contributed by atoms with Crippen molar-refractivity contribution < 1.29 is 23.9 Å². The fraction of sp³-hybridized carbons (Fsp3) is 0.312. The molecule has 6 nitrogen and oxygen atoms in total. The minimum Gasteiger partial charge on any atom is -0.465 e. The smallest absolute Gasteiger partial charge is 0.339 e. The standard InChI is InChI=1S/C16H17NO5S/c1-8-12(16(20)21-4)9(2)17-13(8)14(18)10(3)22-15(19)11-5-6-23-7-11/h5-7,10,17H,1-4H3/t10-/m0/s1. The van der Waals surface area contributed by atoms with Crippen molar-refractivity contribution in [2.75, 3.05) is 7.11 Å². The van der Waals surface area contributed by atoms with Crippen molar-refractivity contribution in [3.05, 3.63) is 44.9 Å². The average Bonchev–Trinajstić information content (AvgIpc) is 3.14. The molecule has 0 amide bonds. The van der Waals surface area contributed by atoms with E-state index in [1.54, 1.807) is 30.7 Å². The number of carbonyl (C=O) groups is 3. The van der Waals surface area contributed by atoms with Crippen LogP contribution in [0.2, 0.25) is 0 Å². The number of H-pyrrole nitrogens is 1. The van der Waals surface area contributed by atoms with Crippen molar-refractivity contribution in [1.82, 2.24) is 4.98 Å². The van der Waals surface area contributed by atoms with Crippen LogP contribution >= 0.6 is 11.3 Å². The zero-order chi connectivity index (χ0) is 17.1. The molecule has 1 atom stereocenters. The molecule has 0 aliphatic heterocycles. The summed E-state index contributed by atoms with van der Waals surface area (Å²) >= 11 is 1.37. The number of methoxy groups -OCH3 is 1. The van der Waals surface area contributed by atoms with Crippen LogP contribution in [0.3, 0.4) is 0 Å². The quantitative estimate of drug-likeness (QED) is 0.671. The fourth-order valence-electron chi connectivity index (χ4n) is 2.27. The van der Waals surface area contributed by atoms with E-state index in [-0.39, 0.29) is 5.69 Å². The Morgan fingerprint density at radius 2 is 1.91 bits per heavy atom. The summed E-state index contributed by atoms with van der Waals surface area (Å²) in [5, 5.41) is 3.41. The van der Waals surface area contributed by atoms with E-state index in [1.165, 1.54) is 25.4 Å². The molecule has 2 aromatic rings. The van der Waals surface area contributed by atoms with Gasteiger partial charge in [0.2, 0.25) is 5.78 Å². The maximum Gasteiger partial charge on any atom is 0.339 e. The van der Waals surface area contributed by atoms with Gasteiger partial charge in [-0.25, -0.2) is 9.59 Å². The molecule has 7 heteroatoms. The molecule has 0 saturated carbocycles. The van der Waals surface area contributed by atoms with Gasteiger partial charge in [0.05, 0.1) is 23.9 Å². The highest BCUT2D eigenvalue weighted by Gasteiger charge is 2.27. The maximum absolute atomic E-state index is 12.5. The van der Waals surface area contributed by atoms with Crippen LogP contribution in [0, 0.1) is 13.8 Å². The summed E-state index contributed by atoms with van der Waals surface area (Å²) in [6.07, 6.45) is -0.968. The summed E-state index contributed by atoms with van der Waals surface area (Å²) in [5.74, 6) is -1.47. The van der Waals surface area contributed by atoms with Gasteiger partial charge in [-0.2, -0.15) is 11.3 Å². The number of ketones is 1. The number of aryl methyl sites for hydroxylation is 1. The van der Waals surface area contributed by atoms with Gasteiger partial charge in [0.1, 0.15) is 0 Å². The van der Waals surface area contributed by atoms with Crippen molar-refractivity contribution in [3.63, 3.8) is 0 Å². The first-order valence-electron chi connectivity index (χ1n) is 6.91. The van der Waals surface area contributed by atoms with E-state index in [2.05, 4.69) is 4.98 Å². The third kappa shape index (κ3) is 3.34. The van der Waals surface area contributed by atoms with Crippen LogP contribution in [-0.4, -0.2) is 35.9 Å². The molecular weight excluding hydrogens is 318 g/mol. The number of esters is 2. The predicted octanol–water partition coefficient (Wildman–Crippen LogP) is 2.91. The first-order chi connectivity index (χ1) is 10.9. The molecular formula is C16H17NO5S. The predicted molar refractivity (Wildman–Crippen MR) is 85.1 cm³/mol. The monoisotopic (exact) mass is 335 g/mol. The third-order valence-electron chi connectivity index (χ3n) is 3.48. The molecule has 0 unspecified atom stereocenters. The van der Waals surface area contributed by atoms with Gasteiger partial charge in [-0.1, -0.05) is 0 Å². The number of hydrogen-bond donors (Lipinski definition) is 1. The molecule has 1 N–H and O–H groups in total. The lowest BCUT2D eigenvalue weighted by molar-refractivity contribution is 0.0317. The average molecular weight is 335 g/mol. The van der Waals surface area contributed by atoms with E-state index in [1.807, 2.05) is 0 Å². The molecule has 0 saturated heterocycles. The number of thiophene rings is 1. The first-order valence-corrected chi connectivity index (χ1v) is 7.86. The van der Waals surface area contributed by atoms with Gasteiger partial charge in [-0.15, -0.1) is 0 Å². The third-order valence-corrected chi connectivity index (χ3v) is 4.17. The topological polar surface area (TPSA) is 85.5 Å². The number of aromatic nitrogens is 1. The number of Topliss-reactive ketones (excluding diaryl/α,β-unsaturated/α-hetero) is 1. The molecule has 122 valence electrons. The Labute approximate surface area is 137 Å². The second kappa shape index (κ2) is 6.78. The minimum atomic E-state index is -0.968. The minimum absolute atomic E-state index is 0.244. The van der Waals surface area contributed by atoms with Crippen molar-refractivity contribution in [3.8, 4) is 0 Å². The van der Waals surface area contributed by atoms with E-state index in [0.29, 0.717) is 22.4 Å². The van der Waals surface area contributed by atoms with Crippen LogP contribution in [0.4, 0.5) is 0 Å². The molecule has 23 heavy (non-hydrogen) atoms. The zero-order valence-corrected chi connectivity index (χ0v) is 14.1. The summed E-state index contributed by atoms with van der Waals surface area (Å²) in [6, 6.07) is 1.63. The second-order valence-corrected chi connectivity index (χ2v) is 5.82. The van der Waals surface area contributed by atoms with Crippen LogP contribution in [0.5, 0.6) is 0 Å². The summed E-state index contributed by atoms with van der Waals surface area (Å²) in [4.78, 5) is 39.0. The molecule has 0 bridgehead atoms. The van der Waals surface area contributed by atoms with Gasteiger partial charge in [-0.3, -0.25) is 4.79 Å². The Hall–Kier alpha value is -2.41. The molecule has 0 aromatic carbocycles. The van der Waals surface area contributed by atoms with Crippen LogP contribution in [0.25, 0.3) is 0 Å². The number of ether oxygens (including phenoxy) is 2. The van der Waals surface area contributed by atoms with Crippen LogP contribution in [0.1, 0.15) is 49.4 Å². The molecule has 0 spiro atoms. The number of hydrogen-bond acceptors (Lipinski definition) is 6. The Morgan fingerprint density at radius 1 is 1.22 bits per heavy atom. The summed E-state index contributed by atoms with van der Waals surface area (Å²) in [6.45, 7) is 4.83. The van der Waals surface area contributed by atoms with Gasteiger partial charge in [0.15, 0.2) is 6.10 Å². The number of aromatic amines is 1. The van der Waals surface area contributed by atoms with Gasteiger partial charge >= 0.3 is 11.9 Å². The Kier molecular flexibility index (Phi) is 5.00. The summed E-state index contributed by atoms with van der Waals surface area (Å²) in [5.41, 5.74) is 2.00. The lowest BCUT2D eigenvalue weighted by Gasteiger charge is -2.11. The molecule has 0 aliphatic carbocycles. The summed E-state index contributed by atoms with van der Waals surface area (Å²) in [7, 11) is 1.28. The highest BCUT2D eigenvalue weighted by Crippen LogP contribution is 2.21. The van der Waals surface area contributed by atoms with Crippen molar-refractivity contribution >= 4 is 29.1 Å². The van der Waals surface area contributed by atoms with Gasteiger partial charge in [0, 0.05) is 11.1 Å². The first kappa shape index (κ1) is 17.0. The maximum atomic E-state index is 12.5. The largest absolute Gasteiger partial charge is 0.465 e. The highest BCUT2D eigenvalue weighted by molar-refractivity contribution is 7.08. The second-order valence-electron chi connectivity index (χ2n) is 5.04. The number of nitrogens with one attached hydrogen (secondary N) is 1. The van der Waals surface area contributed by atoms with E-state index in [4.69, 9.17) is 9.47 Å². The van der Waals surface area contributed by atoms with Crippen LogP contribution < -0.4 is 0 Å². The Balaban J connectivity index is 2.20. The summed E-state index contributed by atoms with van der Waals surface area (Å²) < 4.78 is 9.89. The lowest BCUT2D eigenvalue weighted by Crippen LogP contribution is -2.25. The Bertz CT molecular complexity index is 745.